The van der Waals surface area contributed by atoms with Crippen molar-refractivity contribution in [3.05, 3.63) is 53.1 Å². The first-order valence-electron chi connectivity index (χ1n) is 6.15. The molecule has 0 fully saturated rings. The van der Waals surface area contributed by atoms with Crippen LogP contribution in [0.2, 0.25) is 0 Å². The zero-order chi connectivity index (χ0) is 13.4. The van der Waals surface area contributed by atoms with Crippen molar-refractivity contribution >= 4 is 11.0 Å². The summed E-state index contributed by atoms with van der Waals surface area (Å²) in [5, 5.41) is 9.09. The number of aryl methyl sites for hydroxylation is 2. The first-order valence-corrected chi connectivity index (χ1v) is 6.15. The van der Waals surface area contributed by atoms with Crippen LogP contribution in [0.5, 0.6) is 0 Å². The molecule has 1 heterocycles. The Bertz CT molecular complexity index is 806. The van der Waals surface area contributed by atoms with E-state index in [1.807, 2.05) is 18.2 Å². The molecule has 0 amide bonds. The van der Waals surface area contributed by atoms with E-state index in [0.717, 1.165) is 22.4 Å². The number of imidazole rings is 1. The maximum absolute atomic E-state index is 9.09. The van der Waals surface area contributed by atoms with E-state index in [1.165, 1.54) is 11.1 Å². The Kier molecular flexibility index (Phi) is 2.57. The third-order valence-corrected chi connectivity index (χ3v) is 3.41. The van der Waals surface area contributed by atoms with Gasteiger partial charge in [0, 0.05) is 5.56 Å². The largest absolute Gasteiger partial charge is 0.338 e. The molecular formula is C16H13N3. The van der Waals surface area contributed by atoms with Gasteiger partial charge in [-0.15, -0.1) is 0 Å². The summed E-state index contributed by atoms with van der Waals surface area (Å²) < 4.78 is 0. The predicted molar refractivity (Wildman–Crippen MR) is 75.7 cm³/mol. The highest BCUT2D eigenvalue weighted by atomic mass is 14.9. The van der Waals surface area contributed by atoms with Crippen LogP contribution in [0.3, 0.4) is 0 Å². The minimum atomic E-state index is 0.601. The fraction of sp³-hybridized carbons (Fsp3) is 0.125. The molecule has 3 nitrogen and oxygen atoms in total. The molecule has 3 aromatic rings. The molecule has 1 aromatic heterocycles. The molecule has 0 atom stereocenters. The van der Waals surface area contributed by atoms with Gasteiger partial charge in [0.1, 0.15) is 17.4 Å². The molecule has 0 aliphatic rings. The van der Waals surface area contributed by atoms with Crippen molar-refractivity contribution in [1.82, 2.24) is 9.97 Å². The van der Waals surface area contributed by atoms with Crippen molar-refractivity contribution in [3.8, 4) is 17.5 Å². The number of para-hydroxylation sites is 1. The average molecular weight is 247 g/mol. The Hall–Kier alpha value is -2.60. The van der Waals surface area contributed by atoms with Crippen LogP contribution >= 0.6 is 0 Å². The summed E-state index contributed by atoms with van der Waals surface area (Å²) in [6.07, 6.45) is 0. The number of hydrogen-bond acceptors (Lipinski definition) is 2. The van der Waals surface area contributed by atoms with Crippen LogP contribution < -0.4 is 0 Å². The number of rotatable bonds is 1. The van der Waals surface area contributed by atoms with Crippen molar-refractivity contribution in [3.63, 3.8) is 0 Å². The molecule has 3 rings (SSSR count). The molecule has 0 unspecified atom stereocenters. The highest BCUT2D eigenvalue weighted by molar-refractivity contribution is 5.84. The lowest BCUT2D eigenvalue weighted by atomic mass is 10.1. The normalized spacial score (nSPS) is 10.6. The molecule has 0 radical (unpaired) electrons. The average Bonchev–Trinajstić information content (AvgIpc) is 2.85. The quantitative estimate of drug-likeness (QED) is 0.712. The van der Waals surface area contributed by atoms with Gasteiger partial charge >= 0.3 is 0 Å². The van der Waals surface area contributed by atoms with Gasteiger partial charge in [-0.3, -0.25) is 0 Å². The summed E-state index contributed by atoms with van der Waals surface area (Å²) in [7, 11) is 0. The number of nitrogens with one attached hydrogen (secondary N) is 1. The zero-order valence-corrected chi connectivity index (χ0v) is 10.9. The van der Waals surface area contributed by atoms with E-state index in [2.05, 4.69) is 42.0 Å². The molecule has 0 aliphatic carbocycles. The molecular weight excluding hydrogens is 234 g/mol. The van der Waals surface area contributed by atoms with E-state index in [9.17, 15) is 0 Å². The van der Waals surface area contributed by atoms with Gasteiger partial charge in [0.15, 0.2) is 0 Å². The van der Waals surface area contributed by atoms with Gasteiger partial charge in [-0.25, -0.2) is 4.98 Å². The van der Waals surface area contributed by atoms with Crippen molar-refractivity contribution in [1.29, 1.82) is 5.26 Å². The summed E-state index contributed by atoms with van der Waals surface area (Å²) in [5.74, 6) is 0.806. The lowest BCUT2D eigenvalue weighted by Crippen LogP contribution is -1.85. The zero-order valence-electron chi connectivity index (χ0n) is 10.9. The van der Waals surface area contributed by atoms with Gasteiger partial charge in [-0.1, -0.05) is 18.2 Å². The molecule has 0 aliphatic heterocycles. The summed E-state index contributed by atoms with van der Waals surface area (Å²) in [6, 6.07) is 14.0. The number of fused-ring (bicyclic) bond motifs is 1. The molecule has 0 saturated heterocycles. The number of aromatic amines is 1. The van der Waals surface area contributed by atoms with Crippen LogP contribution in [0.15, 0.2) is 36.4 Å². The monoisotopic (exact) mass is 247 g/mol. The summed E-state index contributed by atoms with van der Waals surface area (Å²) in [4.78, 5) is 7.82. The molecule has 0 saturated carbocycles. The highest BCUT2D eigenvalue weighted by Crippen LogP contribution is 2.24. The molecule has 1 N–H and O–H groups in total. The molecule has 2 aromatic carbocycles. The number of nitrogens with zero attached hydrogens (tertiary/aromatic N) is 2. The van der Waals surface area contributed by atoms with E-state index < -0.39 is 0 Å². The SMILES string of the molecule is Cc1ccc(-c2nc3c(C#N)cccc3[nH]2)cc1C. The molecule has 3 heteroatoms. The second-order valence-electron chi connectivity index (χ2n) is 4.70. The standard InChI is InChI=1S/C16H13N3/c1-10-6-7-12(8-11(10)2)16-18-14-5-3-4-13(9-17)15(14)19-16/h3-8H,1-2H3,(H,18,19). The van der Waals surface area contributed by atoms with Crippen LogP contribution in [-0.2, 0) is 0 Å². The first-order chi connectivity index (χ1) is 9.19. The maximum Gasteiger partial charge on any atom is 0.138 e. The second kappa shape index (κ2) is 4.25. The Balaban J connectivity index is 2.21. The van der Waals surface area contributed by atoms with Crippen LogP contribution in [0, 0.1) is 25.2 Å². The van der Waals surface area contributed by atoms with Crippen LogP contribution in [-0.4, -0.2) is 9.97 Å². The topological polar surface area (TPSA) is 52.5 Å². The molecule has 0 spiro atoms. The van der Waals surface area contributed by atoms with Crippen molar-refractivity contribution in [2.45, 2.75) is 13.8 Å². The lowest BCUT2D eigenvalue weighted by molar-refractivity contribution is 1.29. The van der Waals surface area contributed by atoms with Crippen LogP contribution in [0.1, 0.15) is 16.7 Å². The number of hydrogen-bond donors (Lipinski definition) is 1. The summed E-state index contributed by atoms with van der Waals surface area (Å²) >= 11 is 0. The Morgan fingerprint density at radius 2 is 1.95 bits per heavy atom. The number of nitriles is 1. The number of H-pyrrole nitrogens is 1. The van der Waals surface area contributed by atoms with E-state index >= 15 is 0 Å². The predicted octanol–water partition coefficient (Wildman–Crippen LogP) is 3.72. The Morgan fingerprint density at radius 1 is 1.11 bits per heavy atom. The molecule has 19 heavy (non-hydrogen) atoms. The number of benzene rings is 2. The first kappa shape index (κ1) is 11.5. The van der Waals surface area contributed by atoms with Gasteiger partial charge in [0.2, 0.25) is 0 Å². The minimum absolute atomic E-state index is 0.601. The Labute approximate surface area is 111 Å². The van der Waals surface area contributed by atoms with Gasteiger partial charge in [0.25, 0.3) is 0 Å². The summed E-state index contributed by atoms with van der Waals surface area (Å²) in [6.45, 7) is 4.17. The summed E-state index contributed by atoms with van der Waals surface area (Å²) in [5.41, 5.74) is 5.77. The van der Waals surface area contributed by atoms with Gasteiger partial charge in [0.05, 0.1) is 11.1 Å². The fourth-order valence-electron chi connectivity index (χ4n) is 2.15. The molecule has 0 bridgehead atoms. The Morgan fingerprint density at radius 3 is 2.68 bits per heavy atom. The van der Waals surface area contributed by atoms with E-state index in [-0.39, 0.29) is 0 Å². The van der Waals surface area contributed by atoms with E-state index in [0.29, 0.717) is 5.56 Å². The fourth-order valence-corrected chi connectivity index (χ4v) is 2.15. The van der Waals surface area contributed by atoms with Crippen LogP contribution in [0.25, 0.3) is 22.4 Å². The maximum atomic E-state index is 9.09. The van der Waals surface area contributed by atoms with Crippen molar-refractivity contribution in [2.24, 2.45) is 0 Å². The van der Waals surface area contributed by atoms with Gasteiger partial charge in [-0.05, 0) is 43.2 Å². The smallest absolute Gasteiger partial charge is 0.138 e. The van der Waals surface area contributed by atoms with Gasteiger partial charge < -0.3 is 4.98 Å². The minimum Gasteiger partial charge on any atom is -0.338 e. The third-order valence-electron chi connectivity index (χ3n) is 3.41. The lowest BCUT2D eigenvalue weighted by Gasteiger charge is -2.02. The van der Waals surface area contributed by atoms with Crippen LogP contribution in [0.4, 0.5) is 0 Å². The van der Waals surface area contributed by atoms with E-state index in [4.69, 9.17) is 5.26 Å². The second-order valence-corrected chi connectivity index (χ2v) is 4.70. The van der Waals surface area contributed by atoms with Crippen molar-refractivity contribution in [2.75, 3.05) is 0 Å². The van der Waals surface area contributed by atoms with Crippen molar-refractivity contribution < 1.29 is 0 Å². The number of aromatic nitrogens is 2. The third kappa shape index (κ3) is 1.88. The molecule has 92 valence electrons. The van der Waals surface area contributed by atoms with Gasteiger partial charge in [-0.2, -0.15) is 5.26 Å². The highest BCUT2D eigenvalue weighted by Gasteiger charge is 2.09. The van der Waals surface area contributed by atoms with E-state index in [1.54, 1.807) is 6.07 Å².